The lowest BCUT2D eigenvalue weighted by atomic mass is 10.1. The number of rotatable bonds is 1. The Hall–Kier alpha value is -1.58. The Bertz CT molecular complexity index is 366. The molecule has 0 atom stereocenters. The van der Waals surface area contributed by atoms with Crippen LogP contribution in [0.3, 0.4) is 0 Å². The summed E-state index contributed by atoms with van der Waals surface area (Å²) in [7, 11) is 0. The molecule has 0 aliphatic carbocycles. The molecule has 2 rings (SSSR count). The van der Waals surface area contributed by atoms with E-state index >= 15 is 0 Å². The molecule has 80 valence electrons. The van der Waals surface area contributed by atoms with E-state index in [0.29, 0.717) is 0 Å². The van der Waals surface area contributed by atoms with Crippen molar-refractivity contribution in [2.75, 3.05) is 18.0 Å². The fourth-order valence-corrected chi connectivity index (χ4v) is 1.80. The molecule has 2 heterocycles. The first-order valence-corrected chi connectivity index (χ1v) is 5.18. The second-order valence-electron chi connectivity index (χ2n) is 3.79. The molecule has 1 N–H and O–H groups in total. The number of nitrogens with zero attached hydrogens (tertiary/aromatic N) is 3. The zero-order chi connectivity index (χ0) is 10.7. The number of piperidine rings is 1. The van der Waals surface area contributed by atoms with Crippen LogP contribution in [0.1, 0.15) is 18.5 Å². The Labute approximate surface area is 89.2 Å². The number of anilines is 1. The molecule has 1 aliphatic rings. The van der Waals surface area contributed by atoms with Crippen molar-refractivity contribution < 1.29 is 5.21 Å². The molecule has 1 aliphatic heterocycles. The Kier molecular flexibility index (Phi) is 2.85. The van der Waals surface area contributed by atoms with E-state index in [1.165, 1.54) is 0 Å². The molecule has 0 aromatic carbocycles. The van der Waals surface area contributed by atoms with Crippen LogP contribution in [0.25, 0.3) is 0 Å². The maximum atomic E-state index is 8.65. The van der Waals surface area contributed by atoms with E-state index in [4.69, 9.17) is 5.21 Å². The summed E-state index contributed by atoms with van der Waals surface area (Å²) in [5, 5.41) is 11.9. The van der Waals surface area contributed by atoms with Gasteiger partial charge in [0.15, 0.2) is 0 Å². The second kappa shape index (κ2) is 4.29. The lowest BCUT2D eigenvalue weighted by molar-refractivity contribution is 0.315. The van der Waals surface area contributed by atoms with Crippen molar-refractivity contribution in [2.45, 2.75) is 19.8 Å². The highest BCUT2D eigenvalue weighted by molar-refractivity contribution is 5.85. The number of hydrogen-bond donors (Lipinski definition) is 1. The summed E-state index contributed by atoms with van der Waals surface area (Å²) in [5.41, 5.74) is 1.92. The number of hydrogen-bond acceptors (Lipinski definition) is 4. The molecule has 0 unspecified atom stereocenters. The molecular formula is C11H15N3O. The van der Waals surface area contributed by atoms with Crippen molar-refractivity contribution in [2.24, 2.45) is 5.16 Å². The van der Waals surface area contributed by atoms with E-state index in [0.717, 1.165) is 43.2 Å². The molecule has 0 amide bonds. The molecule has 1 aromatic heterocycles. The van der Waals surface area contributed by atoms with Crippen molar-refractivity contribution in [3.05, 3.63) is 23.9 Å². The molecule has 0 radical (unpaired) electrons. The predicted octanol–water partition coefficient (Wildman–Crippen LogP) is 1.82. The highest BCUT2D eigenvalue weighted by atomic mass is 16.4. The number of oxime groups is 1. The number of pyridine rings is 1. The summed E-state index contributed by atoms with van der Waals surface area (Å²) in [6.45, 7) is 3.76. The van der Waals surface area contributed by atoms with Gasteiger partial charge >= 0.3 is 0 Å². The van der Waals surface area contributed by atoms with Gasteiger partial charge in [-0.05, 0) is 19.1 Å². The molecule has 4 heteroatoms. The van der Waals surface area contributed by atoms with Crippen LogP contribution in [-0.2, 0) is 0 Å². The van der Waals surface area contributed by atoms with Crippen LogP contribution in [0.4, 0.5) is 5.82 Å². The van der Waals surface area contributed by atoms with Gasteiger partial charge in [0.25, 0.3) is 0 Å². The fourth-order valence-electron chi connectivity index (χ4n) is 1.80. The lowest BCUT2D eigenvalue weighted by Gasteiger charge is -2.28. The molecular weight excluding hydrogens is 190 g/mol. The van der Waals surface area contributed by atoms with E-state index in [2.05, 4.69) is 15.0 Å². The fraction of sp³-hybridized carbons (Fsp3) is 0.455. The number of aromatic nitrogens is 1. The highest BCUT2D eigenvalue weighted by Gasteiger charge is 2.16. The van der Waals surface area contributed by atoms with Crippen molar-refractivity contribution in [3.8, 4) is 0 Å². The monoisotopic (exact) mass is 205 g/mol. The van der Waals surface area contributed by atoms with Gasteiger partial charge in [-0.25, -0.2) is 4.98 Å². The third-order valence-electron chi connectivity index (χ3n) is 2.68. The Morgan fingerprint density at radius 2 is 2.07 bits per heavy atom. The van der Waals surface area contributed by atoms with Crippen LogP contribution in [0.2, 0.25) is 0 Å². The van der Waals surface area contributed by atoms with E-state index in [9.17, 15) is 0 Å². The van der Waals surface area contributed by atoms with Gasteiger partial charge in [-0.2, -0.15) is 0 Å². The van der Waals surface area contributed by atoms with E-state index in [1.807, 2.05) is 25.1 Å². The van der Waals surface area contributed by atoms with Gasteiger partial charge in [0.05, 0.1) is 5.71 Å². The molecule has 0 bridgehead atoms. The third-order valence-corrected chi connectivity index (χ3v) is 2.68. The Morgan fingerprint density at radius 3 is 2.67 bits per heavy atom. The summed E-state index contributed by atoms with van der Waals surface area (Å²) >= 11 is 0. The maximum absolute atomic E-state index is 8.65. The zero-order valence-electron chi connectivity index (χ0n) is 8.85. The quantitative estimate of drug-likeness (QED) is 0.562. The van der Waals surface area contributed by atoms with Crippen molar-refractivity contribution >= 4 is 11.5 Å². The van der Waals surface area contributed by atoms with Gasteiger partial charge in [0.2, 0.25) is 0 Å². The van der Waals surface area contributed by atoms with Crippen molar-refractivity contribution in [1.82, 2.24) is 4.98 Å². The van der Waals surface area contributed by atoms with Crippen molar-refractivity contribution in [1.29, 1.82) is 0 Å². The number of aryl methyl sites for hydroxylation is 1. The average Bonchev–Trinajstić information content (AvgIpc) is 2.29. The predicted molar refractivity (Wildman–Crippen MR) is 59.6 cm³/mol. The molecule has 1 saturated heterocycles. The van der Waals surface area contributed by atoms with Gasteiger partial charge in [0.1, 0.15) is 5.82 Å². The minimum Gasteiger partial charge on any atom is -0.411 e. The summed E-state index contributed by atoms with van der Waals surface area (Å²) in [6, 6.07) is 6.04. The molecule has 0 saturated carbocycles. The molecule has 0 spiro atoms. The van der Waals surface area contributed by atoms with Crippen LogP contribution in [0, 0.1) is 6.92 Å². The molecule has 1 aromatic rings. The van der Waals surface area contributed by atoms with Crippen LogP contribution >= 0.6 is 0 Å². The van der Waals surface area contributed by atoms with Crippen LogP contribution in [-0.4, -0.2) is 29.0 Å². The molecule has 4 nitrogen and oxygen atoms in total. The van der Waals surface area contributed by atoms with Gasteiger partial charge in [-0.3, -0.25) is 0 Å². The normalized spacial score (nSPS) is 16.6. The second-order valence-corrected chi connectivity index (χ2v) is 3.79. The zero-order valence-corrected chi connectivity index (χ0v) is 8.85. The molecule has 1 fully saturated rings. The van der Waals surface area contributed by atoms with Crippen LogP contribution in [0.5, 0.6) is 0 Å². The standard InChI is InChI=1S/C11H15N3O/c1-9-3-2-4-11(12-9)14-7-5-10(13-15)6-8-14/h2-4,15H,5-8H2,1H3. The van der Waals surface area contributed by atoms with Gasteiger partial charge in [0, 0.05) is 31.6 Å². The highest BCUT2D eigenvalue weighted by Crippen LogP contribution is 2.16. The minimum atomic E-state index is 0.826. The molecule has 15 heavy (non-hydrogen) atoms. The maximum Gasteiger partial charge on any atom is 0.128 e. The Morgan fingerprint density at radius 1 is 1.33 bits per heavy atom. The van der Waals surface area contributed by atoms with Crippen LogP contribution in [0.15, 0.2) is 23.4 Å². The van der Waals surface area contributed by atoms with Gasteiger partial charge in [-0.1, -0.05) is 11.2 Å². The summed E-state index contributed by atoms with van der Waals surface area (Å²) in [4.78, 5) is 6.70. The SMILES string of the molecule is Cc1cccc(N2CCC(=NO)CC2)n1. The Balaban J connectivity index is 2.07. The minimum absolute atomic E-state index is 0.826. The van der Waals surface area contributed by atoms with Crippen molar-refractivity contribution in [3.63, 3.8) is 0 Å². The van der Waals surface area contributed by atoms with Crippen LogP contribution < -0.4 is 4.90 Å². The van der Waals surface area contributed by atoms with E-state index < -0.39 is 0 Å². The smallest absolute Gasteiger partial charge is 0.128 e. The summed E-state index contributed by atoms with van der Waals surface area (Å²) < 4.78 is 0. The average molecular weight is 205 g/mol. The summed E-state index contributed by atoms with van der Waals surface area (Å²) in [5.74, 6) is 1.02. The first-order chi connectivity index (χ1) is 7.29. The third kappa shape index (κ3) is 2.26. The van der Waals surface area contributed by atoms with E-state index in [-0.39, 0.29) is 0 Å². The topological polar surface area (TPSA) is 48.7 Å². The summed E-state index contributed by atoms with van der Waals surface area (Å²) in [6.07, 6.45) is 1.65. The first-order valence-electron chi connectivity index (χ1n) is 5.18. The van der Waals surface area contributed by atoms with Gasteiger partial charge < -0.3 is 10.1 Å². The van der Waals surface area contributed by atoms with Gasteiger partial charge in [-0.15, -0.1) is 0 Å². The lowest BCUT2D eigenvalue weighted by Crippen LogP contribution is -2.34. The largest absolute Gasteiger partial charge is 0.411 e. The first kappa shape index (κ1) is 9.96. The van der Waals surface area contributed by atoms with E-state index in [1.54, 1.807) is 0 Å².